The van der Waals surface area contributed by atoms with Gasteiger partial charge in [0, 0.05) is 12.1 Å². The molecule has 0 N–H and O–H groups in total. The van der Waals surface area contributed by atoms with E-state index in [1.54, 1.807) is 6.07 Å². The summed E-state index contributed by atoms with van der Waals surface area (Å²) in [4.78, 5) is 9.91. The minimum atomic E-state index is -0.403. The molecule has 0 amide bonds. The first-order chi connectivity index (χ1) is 6.24. The molecule has 1 radical (unpaired) electrons. The molecular formula is C10H12NO2. The van der Waals surface area contributed by atoms with Gasteiger partial charge in [0.1, 0.15) is 0 Å². The van der Waals surface area contributed by atoms with Gasteiger partial charge in [-0.25, -0.2) is 0 Å². The van der Waals surface area contributed by atoms with Gasteiger partial charge >= 0.3 is 0 Å². The Labute approximate surface area is 77.5 Å². The van der Waals surface area contributed by atoms with Gasteiger partial charge in [-0.2, -0.15) is 0 Å². The van der Waals surface area contributed by atoms with Gasteiger partial charge in [-0.3, -0.25) is 10.1 Å². The lowest BCUT2D eigenvalue weighted by Crippen LogP contribution is -1.89. The highest BCUT2D eigenvalue weighted by atomic mass is 16.6. The first-order valence-corrected chi connectivity index (χ1v) is 4.39. The van der Waals surface area contributed by atoms with E-state index in [0.717, 1.165) is 24.8 Å². The molecule has 3 heteroatoms. The molecule has 1 aromatic rings. The van der Waals surface area contributed by atoms with Crippen LogP contribution in [0.5, 0.6) is 0 Å². The smallest absolute Gasteiger partial charge is 0.258 e. The number of aryl methyl sites for hydroxylation is 1. The summed E-state index contributed by atoms with van der Waals surface area (Å²) in [7, 11) is 0. The van der Waals surface area contributed by atoms with Gasteiger partial charge in [0.2, 0.25) is 0 Å². The molecule has 0 spiro atoms. The number of non-ortho nitro benzene ring substituents is 1. The van der Waals surface area contributed by atoms with Crippen LogP contribution in [0, 0.1) is 16.2 Å². The van der Waals surface area contributed by atoms with Crippen LogP contribution in [-0.4, -0.2) is 4.92 Å². The highest BCUT2D eigenvalue weighted by Gasteiger charge is 2.03. The van der Waals surface area contributed by atoms with Crippen molar-refractivity contribution in [2.45, 2.75) is 26.2 Å². The lowest BCUT2D eigenvalue weighted by molar-refractivity contribution is -0.384. The summed E-state index contributed by atoms with van der Waals surface area (Å²) >= 11 is 0. The zero-order chi connectivity index (χ0) is 9.68. The van der Waals surface area contributed by atoms with Crippen molar-refractivity contribution in [2.24, 2.45) is 0 Å². The number of unbranched alkanes of at least 4 members (excludes halogenated alkanes) is 1. The van der Waals surface area contributed by atoms with Crippen molar-refractivity contribution < 1.29 is 4.92 Å². The fourth-order valence-corrected chi connectivity index (χ4v) is 1.09. The quantitative estimate of drug-likeness (QED) is 0.525. The molecule has 0 heterocycles. The number of rotatable bonds is 4. The number of hydrogen-bond donors (Lipinski definition) is 0. The molecule has 0 aliphatic rings. The number of nitrogens with zero attached hydrogens (tertiary/aromatic N) is 1. The van der Waals surface area contributed by atoms with Crippen molar-refractivity contribution in [1.29, 1.82) is 0 Å². The van der Waals surface area contributed by atoms with E-state index < -0.39 is 4.92 Å². The summed E-state index contributed by atoms with van der Waals surface area (Å²) in [5, 5.41) is 10.3. The van der Waals surface area contributed by atoms with Crippen LogP contribution in [0.4, 0.5) is 5.69 Å². The van der Waals surface area contributed by atoms with Crippen molar-refractivity contribution >= 4 is 5.69 Å². The molecule has 0 atom stereocenters. The van der Waals surface area contributed by atoms with Crippen molar-refractivity contribution in [3.8, 4) is 0 Å². The maximum atomic E-state index is 10.3. The number of nitro groups is 1. The molecule has 3 nitrogen and oxygen atoms in total. The Balaban J connectivity index is 2.64. The average Bonchev–Trinajstić information content (AvgIpc) is 2.15. The SMILES string of the molecule is CCCCc1[c]cc([N+](=O)[O-])cc1. The minimum Gasteiger partial charge on any atom is -0.258 e. The second kappa shape index (κ2) is 4.60. The van der Waals surface area contributed by atoms with Crippen LogP contribution in [0.2, 0.25) is 0 Å². The Morgan fingerprint density at radius 3 is 2.77 bits per heavy atom. The zero-order valence-corrected chi connectivity index (χ0v) is 7.62. The largest absolute Gasteiger partial charge is 0.270 e. The van der Waals surface area contributed by atoms with Crippen LogP contribution < -0.4 is 0 Å². The standard InChI is InChI=1S/C10H12NO2/c1-2-3-4-9-5-7-10(8-6-9)11(12)13/h5,7-8H,2-4H2,1H3. The van der Waals surface area contributed by atoms with Gasteiger partial charge in [0.25, 0.3) is 5.69 Å². The Kier molecular flexibility index (Phi) is 3.43. The maximum Gasteiger partial charge on any atom is 0.270 e. The molecule has 0 aliphatic carbocycles. The Hall–Kier alpha value is -1.38. The monoisotopic (exact) mass is 178 g/mol. The van der Waals surface area contributed by atoms with Gasteiger partial charge in [0.05, 0.1) is 4.92 Å². The fraction of sp³-hybridized carbons (Fsp3) is 0.400. The number of hydrogen-bond acceptors (Lipinski definition) is 2. The molecule has 0 saturated carbocycles. The van der Waals surface area contributed by atoms with E-state index in [2.05, 4.69) is 13.0 Å². The minimum absolute atomic E-state index is 0.111. The fourth-order valence-electron chi connectivity index (χ4n) is 1.09. The summed E-state index contributed by atoms with van der Waals surface area (Å²) < 4.78 is 0. The Bertz CT molecular complexity index is 279. The van der Waals surface area contributed by atoms with Crippen LogP contribution in [0.25, 0.3) is 0 Å². The summed E-state index contributed by atoms with van der Waals surface area (Å²) in [5.74, 6) is 0. The third-order valence-corrected chi connectivity index (χ3v) is 1.87. The molecule has 0 unspecified atom stereocenters. The van der Waals surface area contributed by atoms with Gasteiger partial charge in [-0.1, -0.05) is 19.4 Å². The predicted octanol–water partition coefficient (Wildman–Crippen LogP) is 2.74. The van der Waals surface area contributed by atoms with Crippen molar-refractivity contribution in [3.05, 3.63) is 39.9 Å². The average molecular weight is 178 g/mol. The first-order valence-electron chi connectivity index (χ1n) is 4.39. The van der Waals surface area contributed by atoms with Crippen molar-refractivity contribution in [1.82, 2.24) is 0 Å². The number of nitro benzene ring substituents is 1. The van der Waals surface area contributed by atoms with Gasteiger partial charge < -0.3 is 0 Å². The molecule has 0 aliphatic heterocycles. The lowest BCUT2D eigenvalue weighted by atomic mass is 10.1. The van der Waals surface area contributed by atoms with Gasteiger partial charge in [-0.15, -0.1) is 0 Å². The normalized spacial score (nSPS) is 9.92. The van der Waals surface area contributed by atoms with E-state index in [9.17, 15) is 10.1 Å². The summed E-state index contributed by atoms with van der Waals surface area (Å²) in [6.45, 7) is 2.12. The van der Waals surface area contributed by atoms with E-state index in [4.69, 9.17) is 0 Å². The van der Waals surface area contributed by atoms with Crippen LogP contribution in [0.15, 0.2) is 18.2 Å². The van der Waals surface area contributed by atoms with E-state index in [1.807, 2.05) is 0 Å². The predicted molar refractivity (Wildman–Crippen MR) is 50.5 cm³/mol. The summed E-state index contributed by atoms with van der Waals surface area (Å²) in [6, 6.07) is 7.65. The molecule has 0 bridgehead atoms. The maximum absolute atomic E-state index is 10.3. The number of benzene rings is 1. The van der Waals surface area contributed by atoms with Crippen LogP contribution in [0.3, 0.4) is 0 Å². The van der Waals surface area contributed by atoms with E-state index >= 15 is 0 Å². The molecule has 0 fully saturated rings. The van der Waals surface area contributed by atoms with Crippen molar-refractivity contribution in [3.63, 3.8) is 0 Å². The second-order valence-corrected chi connectivity index (χ2v) is 2.93. The molecule has 0 aromatic heterocycles. The molecule has 0 saturated heterocycles. The highest BCUT2D eigenvalue weighted by molar-refractivity contribution is 5.31. The molecular weight excluding hydrogens is 166 g/mol. The summed E-state index contributed by atoms with van der Waals surface area (Å²) in [5.41, 5.74) is 1.16. The van der Waals surface area contributed by atoms with E-state index in [0.29, 0.717) is 0 Å². The Morgan fingerprint density at radius 2 is 2.31 bits per heavy atom. The summed E-state index contributed by atoms with van der Waals surface area (Å²) in [6.07, 6.45) is 3.19. The molecule has 1 rings (SSSR count). The van der Waals surface area contributed by atoms with Crippen LogP contribution in [0.1, 0.15) is 25.3 Å². The molecule has 1 aromatic carbocycles. The van der Waals surface area contributed by atoms with Gasteiger partial charge in [0.15, 0.2) is 0 Å². The molecule has 69 valence electrons. The van der Waals surface area contributed by atoms with Crippen LogP contribution >= 0.6 is 0 Å². The third kappa shape index (κ3) is 2.86. The lowest BCUT2D eigenvalue weighted by Gasteiger charge is -1.97. The Morgan fingerprint density at radius 1 is 1.54 bits per heavy atom. The molecule has 13 heavy (non-hydrogen) atoms. The zero-order valence-electron chi connectivity index (χ0n) is 7.62. The van der Waals surface area contributed by atoms with Crippen LogP contribution in [-0.2, 0) is 6.42 Å². The van der Waals surface area contributed by atoms with E-state index in [1.165, 1.54) is 12.1 Å². The second-order valence-electron chi connectivity index (χ2n) is 2.93. The third-order valence-electron chi connectivity index (χ3n) is 1.87. The van der Waals surface area contributed by atoms with Gasteiger partial charge in [-0.05, 0) is 24.5 Å². The first kappa shape index (κ1) is 9.71. The topological polar surface area (TPSA) is 43.1 Å². The van der Waals surface area contributed by atoms with E-state index in [-0.39, 0.29) is 5.69 Å². The van der Waals surface area contributed by atoms with Crippen molar-refractivity contribution in [2.75, 3.05) is 0 Å². The highest BCUT2D eigenvalue weighted by Crippen LogP contribution is 2.12.